The van der Waals surface area contributed by atoms with Crippen molar-refractivity contribution < 1.29 is 4.74 Å². The number of nitrogens with one attached hydrogen (secondary N) is 1. The summed E-state index contributed by atoms with van der Waals surface area (Å²) in [5.41, 5.74) is 3.00. The van der Waals surface area contributed by atoms with Crippen molar-refractivity contribution in [2.45, 2.75) is 45.3 Å². The van der Waals surface area contributed by atoms with Crippen LogP contribution in [0.1, 0.15) is 43.3 Å². The van der Waals surface area contributed by atoms with Crippen LogP contribution < -0.4 is 5.32 Å². The summed E-state index contributed by atoms with van der Waals surface area (Å²) in [5.74, 6) is 0. The molecule has 0 aliphatic carbocycles. The molecule has 0 aliphatic rings. The fourth-order valence-electron chi connectivity index (χ4n) is 1.65. The molecule has 92 valence electrons. The van der Waals surface area contributed by atoms with Gasteiger partial charge in [0.15, 0.2) is 0 Å². The minimum atomic E-state index is -0.0479. The Morgan fingerprint density at radius 2 is 2.25 bits per heavy atom. The average molecular weight is 242 g/mol. The minimum Gasteiger partial charge on any atom is -0.379 e. The predicted molar refractivity (Wildman–Crippen MR) is 69.0 cm³/mol. The van der Waals surface area contributed by atoms with E-state index in [4.69, 9.17) is 4.74 Å². The fourth-order valence-corrected chi connectivity index (χ4v) is 2.59. The Bertz CT molecular complexity index is 323. The van der Waals surface area contributed by atoms with Gasteiger partial charge in [-0.05, 0) is 40.7 Å². The molecule has 0 saturated heterocycles. The van der Waals surface area contributed by atoms with E-state index in [1.165, 1.54) is 4.88 Å². The number of aryl methyl sites for hydroxylation is 1. The van der Waals surface area contributed by atoms with E-state index in [1.807, 2.05) is 12.6 Å². The molecule has 0 radical (unpaired) electrons. The number of hydrogen-bond donors (Lipinski definition) is 1. The van der Waals surface area contributed by atoms with Crippen molar-refractivity contribution in [2.24, 2.45) is 0 Å². The number of hydrogen-bond acceptors (Lipinski definition) is 4. The first-order chi connectivity index (χ1) is 7.50. The van der Waals surface area contributed by atoms with Gasteiger partial charge in [0.2, 0.25) is 0 Å². The maximum Gasteiger partial charge on any atom is 0.0798 e. The van der Waals surface area contributed by atoms with Crippen molar-refractivity contribution in [3.05, 3.63) is 16.1 Å². The third-order valence-corrected chi connectivity index (χ3v) is 4.08. The molecule has 16 heavy (non-hydrogen) atoms. The zero-order chi connectivity index (χ0) is 12.2. The molecule has 1 N–H and O–H groups in total. The van der Waals surface area contributed by atoms with Gasteiger partial charge in [-0.3, -0.25) is 0 Å². The van der Waals surface area contributed by atoms with Crippen LogP contribution in [0.15, 0.2) is 5.51 Å². The lowest BCUT2D eigenvalue weighted by Crippen LogP contribution is -2.25. The van der Waals surface area contributed by atoms with Crippen molar-refractivity contribution in [1.82, 2.24) is 10.3 Å². The number of nitrogens with zero attached hydrogens (tertiary/aromatic N) is 1. The summed E-state index contributed by atoms with van der Waals surface area (Å²) < 4.78 is 5.44. The lowest BCUT2D eigenvalue weighted by atomic mass is 9.98. The number of aromatic nitrogens is 1. The number of ether oxygens (including phenoxy) is 1. The van der Waals surface area contributed by atoms with Gasteiger partial charge >= 0.3 is 0 Å². The van der Waals surface area contributed by atoms with Gasteiger partial charge in [0.1, 0.15) is 0 Å². The van der Waals surface area contributed by atoms with E-state index in [0.717, 1.165) is 18.5 Å². The Labute approximate surface area is 102 Å². The summed E-state index contributed by atoms with van der Waals surface area (Å²) in [4.78, 5) is 5.64. The van der Waals surface area contributed by atoms with E-state index in [2.05, 4.69) is 31.1 Å². The van der Waals surface area contributed by atoms with E-state index in [9.17, 15) is 0 Å². The lowest BCUT2D eigenvalue weighted by molar-refractivity contribution is 0.0119. The molecule has 0 spiro atoms. The van der Waals surface area contributed by atoms with Crippen LogP contribution in [-0.2, 0) is 4.74 Å². The summed E-state index contributed by atoms with van der Waals surface area (Å²) in [6, 6.07) is 0.391. The van der Waals surface area contributed by atoms with Crippen LogP contribution in [-0.4, -0.2) is 24.7 Å². The molecular weight excluding hydrogens is 220 g/mol. The molecule has 0 fully saturated rings. The Morgan fingerprint density at radius 1 is 1.56 bits per heavy atom. The molecular formula is C12H22N2OS. The first-order valence-electron chi connectivity index (χ1n) is 5.62. The molecule has 4 heteroatoms. The Kier molecular flexibility index (Phi) is 4.89. The molecule has 0 saturated carbocycles. The van der Waals surface area contributed by atoms with Gasteiger partial charge in [-0.1, -0.05) is 0 Å². The third-order valence-electron chi connectivity index (χ3n) is 3.04. The van der Waals surface area contributed by atoms with E-state index >= 15 is 0 Å². The highest BCUT2D eigenvalue weighted by atomic mass is 32.1. The summed E-state index contributed by atoms with van der Waals surface area (Å²) >= 11 is 1.73. The topological polar surface area (TPSA) is 34.1 Å². The van der Waals surface area contributed by atoms with Crippen molar-refractivity contribution >= 4 is 11.3 Å². The van der Waals surface area contributed by atoms with E-state index < -0.39 is 0 Å². The second-order valence-corrected chi connectivity index (χ2v) is 5.53. The Hall–Kier alpha value is -0.450. The maximum absolute atomic E-state index is 5.44. The third kappa shape index (κ3) is 3.54. The molecule has 1 unspecified atom stereocenters. The van der Waals surface area contributed by atoms with Crippen LogP contribution in [0, 0.1) is 6.92 Å². The molecule has 0 bridgehead atoms. The van der Waals surface area contributed by atoms with E-state index in [1.54, 1.807) is 18.4 Å². The van der Waals surface area contributed by atoms with Crippen LogP contribution >= 0.6 is 11.3 Å². The van der Waals surface area contributed by atoms with Crippen LogP contribution in [0.2, 0.25) is 0 Å². The SMILES string of the molecule is CNC(CCC(C)(C)OC)c1scnc1C. The molecule has 0 aromatic carbocycles. The zero-order valence-electron chi connectivity index (χ0n) is 10.8. The van der Waals surface area contributed by atoms with Crippen molar-refractivity contribution in [1.29, 1.82) is 0 Å². The number of methoxy groups -OCH3 is 1. The summed E-state index contributed by atoms with van der Waals surface area (Å²) in [7, 11) is 3.77. The van der Waals surface area contributed by atoms with Gasteiger partial charge in [-0.2, -0.15) is 0 Å². The smallest absolute Gasteiger partial charge is 0.0798 e. The largest absolute Gasteiger partial charge is 0.379 e. The molecule has 1 heterocycles. The molecule has 1 atom stereocenters. The predicted octanol–water partition coefficient (Wildman–Crippen LogP) is 2.92. The highest BCUT2D eigenvalue weighted by molar-refractivity contribution is 7.09. The molecule has 1 rings (SSSR count). The maximum atomic E-state index is 5.44. The minimum absolute atomic E-state index is 0.0479. The lowest BCUT2D eigenvalue weighted by Gasteiger charge is -2.25. The van der Waals surface area contributed by atoms with Crippen LogP contribution in [0.25, 0.3) is 0 Å². The first kappa shape index (κ1) is 13.6. The number of thiazole rings is 1. The molecule has 0 amide bonds. The molecule has 3 nitrogen and oxygen atoms in total. The highest BCUT2D eigenvalue weighted by Crippen LogP contribution is 2.28. The normalized spacial score (nSPS) is 14.1. The van der Waals surface area contributed by atoms with Gasteiger partial charge in [-0.25, -0.2) is 4.98 Å². The van der Waals surface area contributed by atoms with Crippen LogP contribution in [0.5, 0.6) is 0 Å². The standard InChI is InChI=1S/C12H22N2OS/c1-9-11(16-8-14-9)10(13-4)6-7-12(2,3)15-5/h8,10,13H,6-7H2,1-5H3. The van der Waals surface area contributed by atoms with Gasteiger partial charge in [0.05, 0.1) is 16.8 Å². The molecule has 0 aliphatic heterocycles. The van der Waals surface area contributed by atoms with Gasteiger partial charge in [0.25, 0.3) is 0 Å². The van der Waals surface area contributed by atoms with Crippen molar-refractivity contribution in [3.63, 3.8) is 0 Å². The van der Waals surface area contributed by atoms with Gasteiger partial charge < -0.3 is 10.1 Å². The van der Waals surface area contributed by atoms with Crippen molar-refractivity contribution in [3.8, 4) is 0 Å². The number of rotatable bonds is 6. The Morgan fingerprint density at radius 3 is 2.69 bits per heavy atom. The van der Waals surface area contributed by atoms with Gasteiger partial charge in [0, 0.05) is 18.0 Å². The highest BCUT2D eigenvalue weighted by Gasteiger charge is 2.21. The summed E-state index contributed by atoms with van der Waals surface area (Å²) in [5, 5.41) is 3.36. The quantitative estimate of drug-likeness (QED) is 0.833. The second-order valence-electron chi connectivity index (χ2n) is 4.65. The average Bonchev–Trinajstić information content (AvgIpc) is 2.66. The van der Waals surface area contributed by atoms with Crippen LogP contribution in [0.3, 0.4) is 0 Å². The summed E-state index contributed by atoms with van der Waals surface area (Å²) in [6.07, 6.45) is 2.10. The molecule has 1 aromatic heterocycles. The fraction of sp³-hybridized carbons (Fsp3) is 0.750. The monoisotopic (exact) mass is 242 g/mol. The second kappa shape index (κ2) is 5.75. The first-order valence-corrected chi connectivity index (χ1v) is 6.50. The van der Waals surface area contributed by atoms with E-state index in [-0.39, 0.29) is 5.60 Å². The van der Waals surface area contributed by atoms with Crippen LogP contribution in [0.4, 0.5) is 0 Å². The molecule has 1 aromatic rings. The summed E-state index contributed by atoms with van der Waals surface area (Å²) in [6.45, 7) is 6.32. The van der Waals surface area contributed by atoms with Crippen molar-refractivity contribution in [2.75, 3.05) is 14.2 Å². The zero-order valence-corrected chi connectivity index (χ0v) is 11.6. The van der Waals surface area contributed by atoms with Gasteiger partial charge in [-0.15, -0.1) is 11.3 Å². The Balaban J connectivity index is 2.60. The van der Waals surface area contributed by atoms with E-state index in [0.29, 0.717) is 6.04 Å².